The van der Waals surface area contributed by atoms with Gasteiger partial charge in [0.2, 0.25) is 0 Å². The van der Waals surface area contributed by atoms with Crippen LogP contribution in [0.15, 0.2) is 30.3 Å². The maximum Gasteiger partial charge on any atom is 0.272 e. The summed E-state index contributed by atoms with van der Waals surface area (Å²) in [5.74, 6) is 0.954. The Morgan fingerprint density at radius 3 is 2.65 bits per heavy atom. The highest BCUT2D eigenvalue weighted by molar-refractivity contribution is 6.32. The zero-order chi connectivity index (χ0) is 16.6. The second kappa shape index (κ2) is 6.24. The molecule has 23 heavy (non-hydrogen) atoms. The molecule has 0 bridgehead atoms. The molecule has 0 N–H and O–H groups in total. The van der Waals surface area contributed by atoms with Gasteiger partial charge in [-0.3, -0.25) is 9.48 Å². The van der Waals surface area contributed by atoms with Gasteiger partial charge in [-0.05, 0) is 24.1 Å². The number of amides is 1. The fourth-order valence-corrected chi connectivity index (χ4v) is 2.71. The number of ether oxygens (including phenoxy) is 1. The summed E-state index contributed by atoms with van der Waals surface area (Å²) in [5.41, 5.74) is 1.55. The van der Waals surface area contributed by atoms with Crippen molar-refractivity contribution in [3.63, 3.8) is 0 Å². The molecule has 0 saturated carbocycles. The standard InChI is InChI=1S/C17H20ClN3O2/c1-11(2)14-8-15(20(3)19-14)17(22)21-9-12(10-21)23-16-7-5-4-6-13(16)18/h4-8,11-12H,9-10H2,1-3H3. The average molecular weight is 334 g/mol. The Kier molecular flexibility index (Phi) is 4.31. The zero-order valence-corrected chi connectivity index (χ0v) is 14.2. The number of hydrogen-bond acceptors (Lipinski definition) is 3. The summed E-state index contributed by atoms with van der Waals surface area (Å²) in [6.07, 6.45) is -0.0170. The number of halogens is 1. The molecule has 0 aliphatic carbocycles. The molecule has 1 aromatic carbocycles. The molecule has 1 aliphatic heterocycles. The molecule has 1 fully saturated rings. The number of hydrogen-bond donors (Lipinski definition) is 0. The van der Waals surface area contributed by atoms with Gasteiger partial charge in [0, 0.05) is 7.05 Å². The molecule has 6 heteroatoms. The molecule has 0 spiro atoms. The maximum absolute atomic E-state index is 12.5. The van der Waals surface area contributed by atoms with Crippen molar-refractivity contribution in [1.29, 1.82) is 0 Å². The fourth-order valence-electron chi connectivity index (χ4n) is 2.53. The molecular formula is C17H20ClN3O2. The second-order valence-corrected chi connectivity index (χ2v) is 6.52. The number of likely N-dealkylation sites (tertiary alicyclic amines) is 1. The van der Waals surface area contributed by atoms with Crippen LogP contribution in [0.4, 0.5) is 0 Å². The Morgan fingerprint density at radius 1 is 1.35 bits per heavy atom. The Labute approximate surface area is 140 Å². The first-order valence-corrected chi connectivity index (χ1v) is 8.08. The summed E-state index contributed by atoms with van der Waals surface area (Å²) in [5, 5.41) is 4.98. The number of rotatable bonds is 4. The minimum atomic E-state index is -0.0170. The molecule has 0 unspecified atom stereocenters. The van der Waals surface area contributed by atoms with E-state index in [-0.39, 0.29) is 12.0 Å². The van der Waals surface area contributed by atoms with E-state index in [2.05, 4.69) is 18.9 Å². The molecule has 3 rings (SSSR count). The van der Waals surface area contributed by atoms with Crippen molar-refractivity contribution in [2.45, 2.75) is 25.9 Å². The van der Waals surface area contributed by atoms with Gasteiger partial charge in [-0.1, -0.05) is 37.6 Å². The van der Waals surface area contributed by atoms with Gasteiger partial charge in [0.25, 0.3) is 5.91 Å². The first-order chi connectivity index (χ1) is 11.0. The highest BCUT2D eigenvalue weighted by Gasteiger charge is 2.34. The van der Waals surface area contributed by atoms with E-state index in [0.717, 1.165) is 5.69 Å². The first-order valence-electron chi connectivity index (χ1n) is 7.70. The van der Waals surface area contributed by atoms with Crippen LogP contribution in [0.5, 0.6) is 5.75 Å². The summed E-state index contributed by atoms with van der Waals surface area (Å²) in [4.78, 5) is 14.3. The lowest BCUT2D eigenvalue weighted by Crippen LogP contribution is -2.56. The van der Waals surface area contributed by atoms with Crippen LogP contribution in [0.25, 0.3) is 0 Å². The Bertz CT molecular complexity index is 720. The van der Waals surface area contributed by atoms with Crippen molar-refractivity contribution < 1.29 is 9.53 Å². The number of carbonyl (C=O) groups is 1. The Morgan fingerprint density at radius 2 is 2.04 bits per heavy atom. The number of benzene rings is 1. The molecule has 0 radical (unpaired) electrons. The SMILES string of the molecule is CC(C)c1cc(C(=O)N2CC(Oc3ccccc3Cl)C2)n(C)n1. The van der Waals surface area contributed by atoms with Crippen LogP contribution in [-0.4, -0.2) is 39.8 Å². The van der Waals surface area contributed by atoms with Crippen LogP contribution in [0.1, 0.15) is 35.9 Å². The van der Waals surface area contributed by atoms with E-state index in [0.29, 0.717) is 35.5 Å². The van der Waals surface area contributed by atoms with Gasteiger partial charge in [-0.25, -0.2) is 0 Å². The summed E-state index contributed by atoms with van der Waals surface area (Å²) in [6.45, 7) is 5.25. The monoisotopic (exact) mass is 333 g/mol. The second-order valence-electron chi connectivity index (χ2n) is 6.11. The third-order valence-electron chi connectivity index (χ3n) is 3.97. The molecule has 5 nitrogen and oxygen atoms in total. The summed E-state index contributed by atoms with van der Waals surface area (Å²) in [6, 6.07) is 9.24. The summed E-state index contributed by atoms with van der Waals surface area (Å²) in [7, 11) is 1.80. The third kappa shape index (κ3) is 3.20. The average Bonchev–Trinajstić information content (AvgIpc) is 2.86. The molecule has 122 valence electrons. The molecule has 1 aliphatic rings. The fraction of sp³-hybridized carbons (Fsp3) is 0.412. The maximum atomic E-state index is 12.5. The van der Waals surface area contributed by atoms with Crippen LogP contribution in [0, 0.1) is 0 Å². The van der Waals surface area contributed by atoms with Crippen LogP contribution in [-0.2, 0) is 7.05 Å². The van der Waals surface area contributed by atoms with Gasteiger partial charge in [-0.2, -0.15) is 5.10 Å². The third-order valence-corrected chi connectivity index (χ3v) is 4.29. The quantitative estimate of drug-likeness (QED) is 0.863. The van der Waals surface area contributed by atoms with Crippen molar-refractivity contribution in [1.82, 2.24) is 14.7 Å². The highest BCUT2D eigenvalue weighted by atomic mass is 35.5. The Hall–Kier alpha value is -2.01. The van der Waals surface area contributed by atoms with Crippen LogP contribution < -0.4 is 4.74 Å². The molecule has 0 atom stereocenters. The number of carbonyl (C=O) groups excluding carboxylic acids is 1. The van der Waals surface area contributed by atoms with Gasteiger partial charge in [0.15, 0.2) is 0 Å². The molecule has 2 heterocycles. The van der Waals surface area contributed by atoms with E-state index in [1.165, 1.54) is 0 Å². The van der Waals surface area contributed by atoms with Gasteiger partial charge < -0.3 is 9.64 Å². The number of aromatic nitrogens is 2. The smallest absolute Gasteiger partial charge is 0.272 e. The lowest BCUT2D eigenvalue weighted by molar-refractivity contribution is 0.0170. The molecular weight excluding hydrogens is 314 g/mol. The number of para-hydroxylation sites is 1. The molecule has 1 saturated heterocycles. The van der Waals surface area contributed by atoms with Crippen LogP contribution in [0.3, 0.4) is 0 Å². The Balaban J connectivity index is 1.61. The molecule has 2 aromatic rings. The number of nitrogens with zero attached hydrogens (tertiary/aromatic N) is 3. The normalized spacial score (nSPS) is 14.9. The molecule has 1 aromatic heterocycles. The summed E-state index contributed by atoms with van der Waals surface area (Å²) < 4.78 is 7.48. The van der Waals surface area contributed by atoms with Crippen molar-refractivity contribution in [3.8, 4) is 5.75 Å². The van der Waals surface area contributed by atoms with E-state index < -0.39 is 0 Å². The van der Waals surface area contributed by atoms with E-state index in [1.54, 1.807) is 22.7 Å². The largest absolute Gasteiger partial charge is 0.485 e. The molecule has 1 amide bonds. The van der Waals surface area contributed by atoms with Crippen molar-refractivity contribution in [3.05, 3.63) is 46.7 Å². The van der Waals surface area contributed by atoms with Gasteiger partial charge in [-0.15, -0.1) is 0 Å². The highest BCUT2D eigenvalue weighted by Crippen LogP contribution is 2.27. The first kappa shape index (κ1) is 15.9. The van der Waals surface area contributed by atoms with Crippen LogP contribution in [0.2, 0.25) is 5.02 Å². The minimum Gasteiger partial charge on any atom is -0.485 e. The van der Waals surface area contributed by atoms with Gasteiger partial charge >= 0.3 is 0 Å². The van der Waals surface area contributed by atoms with E-state index in [1.807, 2.05) is 24.3 Å². The lowest BCUT2D eigenvalue weighted by atomic mass is 10.1. The van der Waals surface area contributed by atoms with Crippen LogP contribution >= 0.6 is 11.6 Å². The van der Waals surface area contributed by atoms with Gasteiger partial charge in [0.05, 0.1) is 23.8 Å². The van der Waals surface area contributed by atoms with E-state index in [9.17, 15) is 4.79 Å². The predicted molar refractivity (Wildman–Crippen MR) is 89.1 cm³/mol. The summed E-state index contributed by atoms with van der Waals surface area (Å²) >= 11 is 6.08. The zero-order valence-electron chi connectivity index (χ0n) is 13.5. The van der Waals surface area contributed by atoms with Crippen molar-refractivity contribution in [2.75, 3.05) is 13.1 Å². The predicted octanol–water partition coefficient (Wildman–Crippen LogP) is 3.10. The number of aryl methyl sites for hydroxylation is 1. The topological polar surface area (TPSA) is 47.4 Å². The lowest BCUT2D eigenvalue weighted by Gasteiger charge is -2.38. The van der Waals surface area contributed by atoms with Crippen molar-refractivity contribution in [2.24, 2.45) is 7.05 Å². The van der Waals surface area contributed by atoms with Crippen molar-refractivity contribution >= 4 is 17.5 Å². The van der Waals surface area contributed by atoms with E-state index >= 15 is 0 Å². The van der Waals surface area contributed by atoms with Gasteiger partial charge in [0.1, 0.15) is 17.5 Å². The minimum absolute atomic E-state index is 0.00842. The van der Waals surface area contributed by atoms with E-state index in [4.69, 9.17) is 16.3 Å².